The Labute approximate surface area is 187 Å². The summed E-state index contributed by atoms with van der Waals surface area (Å²) in [5.74, 6) is -0.872. The fraction of sp³-hybridized carbons (Fsp3) is 0.259. The Morgan fingerprint density at radius 3 is 2.28 bits per heavy atom. The zero-order valence-corrected chi connectivity index (χ0v) is 19.2. The van der Waals surface area contributed by atoms with Crippen LogP contribution in [-0.2, 0) is 12.8 Å². The molecule has 0 aliphatic rings. The van der Waals surface area contributed by atoms with E-state index in [0.717, 1.165) is 35.2 Å². The first-order valence-corrected chi connectivity index (χ1v) is 10.7. The number of carboxylic acid groups (broad SMARTS) is 1. The van der Waals surface area contributed by atoms with Gasteiger partial charge in [-0.3, -0.25) is 4.79 Å². The smallest absolute Gasteiger partial charge is 0.335 e. The minimum absolute atomic E-state index is 0.0712. The lowest BCUT2D eigenvalue weighted by Gasteiger charge is -2.13. The number of nitrogens with zero attached hydrogens (tertiary/aromatic N) is 1. The number of carbonyl (C=O) groups is 1. The minimum Gasteiger partial charge on any atom is -0.478 e. The zero-order valence-electron chi connectivity index (χ0n) is 19.2. The number of benzene rings is 3. The number of carboxylic acids is 1. The van der Waals surface area contributed by atoms with Crippen LogP contribution < -0.4 is 10.3 Å². The van der Waals surface area contributed by atoms with Crippen LogP contribution in [0.3, 0.4) is 0 Å². The van der Waals surface area contributed by atoms with Crippen molar-refractivity contribution in [2.24, 2.45) is 0 Å². The second-order valence-corrected chi connectivity index (χ2v) is 7.96. The van der Waals surface area contributed by atoms with Crippen molar-refractivity contribution < 1.29 is 14.3 Å². The summed E-state index contributed by atoms with van der Waals surface area (Å²) in [6.07, 6.45) is 1.79. The molecule has 0 fully saturated rings. The highest BCUT2D eigenvalue weighted by molar-refractivity contribution is 5.91. The molecule has 1 heterocycles. The maximum Gasteiger partial charge on any atom is 0.335 e. The predicted octanol–water partition coefficient (Wildman–Crippen LogP) is 5.83. The van der Waals surface area contributed by atoms with E-state index in [1.165, 1.54) is 5.56 Å². The van der Waals surface area contributed by atoms with E-state index in [1.54, 1.807) is 19.1 Å². The fourth-order valence-electron chi connectivity index (χ4n) is 3.68. The average molecular weight is 432 g/mol. The second kappa shape index (κ2) is 9.69. The molecular formula is C27H29NO4. The topological polar surface area (TPSA) is 70.8 Å². The van der Waals surface area contributed by atoms with Crippen molar-refractivity contribution in [2.75, 3.05) is 19.0 Å². The molecule has 0 saturated carbocycles. The molecule has 0 atom stereocenters. The molecule has 0 unspecified atom stereocenters. The van der Waals surface area contributed by atoms with Crippen molar-refractivity contribution in [3.8, 4) is 0 Å². The van der Waals surface area contributed by atoms with Crippen LogP contribution in [0.1, 0.15) is 40.9 Å². The molecule has 166 valence electrons. The molecule has 4 rings (SSSR count). The molecule has 0 aliphatic carbocycles. The molecule has 5 heteroatoms. The number of hydrogen-bond donors (Lipinski definition) is 1. The third-order valence-corrected chi connectivity index (χ3v) is 5.56. The molecule has 4 aromatic rings. The summed E-state index contributed by atoms with van der Waals surface area (Å²) in [6, 6.07) is 16.8. The highest BCUT2D eigenvalue weighted by atomic mass is 16.4. The summed E-state index contributed by atoms with van der Waals surface area (Å²) >= 11 is 0. The summed E-state index contributed by atoms with van der Waals surface area (Å²) in [6.45, 7) is 5.99. The van der Waals surface area contributed by atoms with Gasteiger partial charge in [-0.25, -0.2) is 4.79 Å². The summed E-state index contributed by atoms with van der Waals surface area (Å²) in [5, 5.41) is 10.1. The van der Waals surface area contributed by atoms with Gasteiger partial charge in [-0.2, -0.15) is 0 Å². The SMILES string of the molecule is CCc1cc(CC)c2oc3ccccc3c(=O)c2c1.Cc1cc(N(C)C)ccc1C(=O)O. The first-order valence-electron chi connectivity index (χ1n) is 10.7. The quantitative estimate of drug-likeness (QED) is 0.412. The van der Waals surface area contributed by atoms with Crippen LogP contribution in [0.15, 0.2) is 63.8 Å². The molecule has 0 saturated heterocycles. The Morgan fingerprint density at radius 2 is 1.69 bits per heavy atom. The van der Waals surface area contributed by atoms with E-state index in [-0.39, 0.29) is 5.43 Å². The van der Waals surface area contributed by atoms with Crippen molar-refractivity contribution in [1.82, 2.24) is 0 Å². The Morgan fingerprint density at radius 1 is 0.969 bits per heavy atom. The lowest BCUT2D eigenvalue weighted by atomic mass is 10.0. The maximum atomic E-state index is 12.6. The maximum absolute atomic E-state index is 12.6. The molecule has 0 amide bonds. The summed E-state index contributed by atoms with van der Waals surface area (Å²) in [4.78, 5) is 25.2. The van der Waals surface area contributed by atoms with Gasteiger partial charge in [0, 0.05) is 19.8 Å². The van der Waals surface area contributed by atoms with Gasteiger partial charge in [0.1, 0.15) is 11.2 Å². The van der Waals surface area contributed by atoms with Gasteiger partial charge in [0.25, 0.3) is 0 Å². The Bertz CT molecular complexity index is 1340. The van der Waals surface area contributed by atoms with Crippen LogP contribution in [-0.4, -0.2) is 25.2 Å². The van der Waals surface area contributed by atoms with Crippen LogP contribution in [0.4, 0.5) is 5.69 Å². The van der Waals surface area contributed by atoms with Crippen LogP contribution >= 0.6 is 0 Å². The predicted molar refractivity (Wildman–Crippen MR) is 131 cm³/mol. The van der Waals surface area contributed by atoms with Gasteiger partial charge in [-0.15, -0.1) is 0 Å². The van der Waals surface area contributed by atoms with Gasteiger partial charge in [-0.1, -0.05) is 32.0 Å². The second-order valence-electron chi connectivity index (χ2n) is 7.96. The van der Waals surface area contributed by atoms with Crippen molar-refractivity contribution >= 4 is 33.6 Å². The molecule has 1 N–H and O–H groups in total. The van der Waals surface area contributed by atoms with Crippen LogP contribution in [0, 0.1) is 6.92 Å². The van der Waals surface area contributed by atoms with Gasteiger partial charge in [-0.05, 0) is 72.9 Å². The van der Waals surface area contributed by atoms with E-state index in [9.17, 15) is 9.59 Å². The number of fused-ring (bicyclic) bond motifs is 2. The fourth-order valence-corrected chi connectivity index (χ4v) is 3.68. The number of aryl methyl sites for hydroxylation is 3. The molecule has 1 aromatic heterocycles. The highest BCUT2D eigenvalue weighted by Gasteiger charge is 2.11. The molecule has 0 spiro atoms. The van der Waals surface area contributed by atoms with Crippen LogP contribution in [0.2, 0.25) is 0 Å². The van der Waals surface area contributed by atoms with Crippen molar-refractivity contribution in [2.45, 2.75) is 33.6 Å². The largest absolute Gasteiger partial charge is 0.478 e. The Hall–Kier alpha value is -3.60. The molecule has 0 radical (unpaired) electrons. The van der Waals surface area contributed by atoms with E-state index in [1.807, 2.05) is 55.4 Å². The first-order chi connectivity index (χ1) is 15.3. The number of rotatable bonds is 4. The number of anilines is 1. The molecule has 0 aliphatic heterocycles. The third-order valence-electron chi connectivity index (χ3n) is 5.56. The van der Waals surface area contributed by atoms with E-state index < -0.39 is 5.97 Å². The monoisotopic (exact) mass is 431 g/mol. The van der Waals surface area contributed by atoms with E-state index >= 15 is 0 Å². The molecule has 3 aromatic carbocycles. The van der Waals surface area contributed by atoms with Gasteiger partial charge in [0.15, 0.2) is 0 Å². The molecular weight excluding hydrogens is 402 g/mol. The normalized spacial score (nSPS) is 10.7. The van der Waals surface area contributed by atoms with E-state index in [0.29, 0.717) is 21.9 Å². The summed E-state index contributed by atoms with van der Waals surface area (Å²) in [7, 11) is 3.85. The number of para-hydroxylation sites is 1. The van der Waals surface area contributed by atoms with Crippen LogP contribution in [0.25, 0.3) is 21.9 Å². The van der Waals surface area contributed by atoms with Crippen molar-refractivity contribution in [3.05, 3.63) is 87.1 Å². The molecule has 5 nitrogen and oxygen atoms in total. The standard InChI is InChI=1S/C17H16O2.C10H13NO2/c1-3-11-9-12(4-2)17-14(10-11)16(18)13-7-5-6-8-15(13)19-17;1-7-6-8(11(2)3)4-5-9(7)10(12)13/h5-10H,3-4H2,1-2H3;4-6H,1-3H3,(H,12,13). The minimum atomic E-state index is -0.872. The van der Waals surface area contributed by atoms with E-state index in [2.05, 4.69) is 19.9 Å². The highest BCUT2D eigenvalue weighted by Crippen LogP contribution is 2.24. The van der Waals surface area contributed by atoms with Gasteiger partial charge >= 0.3 is 5.97 Å². The zero-order chi connectivity index (χ0) is 23.4. The lowest BCUT2D eigenvalue weighted by molar-refractivity contribution is 0.0696. The number of aromatic carboxylic acids is 1. The van der Waals surface area contributed by atoms with Crippen molar-refractivity contribution in [3.63, 3.8) is 0 Å². The first kappa shape index (κ1) is 23.1. The summed E-state index contributed by atoms with van der Waals surface area (Å²) < 4.78 is 5.95. The van der Waals surface area contributed by atoms with E-state index in [4.69, 9.17) is 9.52 Å². The van der Waals surface area contributed by atoms with Crippen molar-refractivity contribution in [1.29, 1.82) is 0 Å². The van der Waals surface area contributed by atoms with Gasteiger partial charge in [0.05, 0.1) is 16.3 Å². The Kier molecular flexibility index (Phi) is 6.98. The van der Waals surface area contributed by atoms with Gasteiger partial charge in [0.2, 0.25) is 5.43 Å². The average Bonchev–Trinajstić information content (AvgIpc) is 2.78. The van der Waals surface area contributed by atoms with Gasteiger partial charge < -0.3 is 14.4 Å². The molecule has 0 bridgehead atoms. The summed E-state index contributed by atoms with van der Waals surface area (Å²) in [5.41, 5.74) is 5.94. The Balaban J connectivity index is 0.000000195. The lowest BCUT2D eigenvalue weighted by Crippen LogP contribution is -2.09. The third kappa shape index (κ3) is 4.67. The van der Waals surface area contributed by atoms with Crippen LogP contribution in [0.5, 0.6) is 0 Å². The molecule has 32 heavy (non-hydrogen) atoms. The number of hydrogen-bond acceptors (Lipinski definition) is 4.